The van der Waals surface area contributed by atoms with Crippen molar-refractivity contribution in [2.24, 2.45) is 4.99 Å². The first kappa shape index (κ1) is 23.1. The lowest BCUT2D eigenvalue weighted by molar-refractivity contribution is 0.253. The maximum atomic E-state index is 14.0. The van der Waals surface area contributed by atoms with Gasteiger partial charge < -0.3 is 15.5 Å². The predicted octanol–water partition coefficient (Wildman–Crippen LogP) is 3.20. The van der Waals surface area contributed by atoms with Crippen LogP contribution >= 0.6 is 24.0 Å². The number of para-hydroxylation sites is 1. The standard InChI is InChI=1S/C20H31F2N5.HI/c1-4-23-20(24-12-14(2)26(3)16-8-9-16)25-15-10-11-27(13-15)19-17(21)6-5-7-18(19)22;/h5-7,14-16H,4,8-13H2,1-3H3,(H2,23,24,25);1H. The third-order valence-corrected chi connectivity index (χ3v) is 5.46. The zero-order valence-electron chi connectivity index (χ0n) is 16.9. The van der Waals surface area contributed by atoms with Gasteiger partial charge in [-0.25, -0.2) is 8.78 Å². The van der Waals surface area contributed by atoms with Gasteiger partial charge in [-0.1, -0.05) is 6.07 Å². The number of hydrogen-bond acceptors (Lipinski definition) is 3. The van der Waals surface area contributed by atoms with Crippen LogP contribution in [-0.2, 0) is 0 Å². The Morgan fingerprint density at radius 3 is 2.57 bits per heavy atom. The fourth-order valence-corrected chi connectivity index (χ4v) is 3.58. The second-order valence-corrected chi connectivity index (χ2v) is 7.61. The minimum absolute atomic E-state index is 0. The van der Waals surface area contributed by atoms with Crippen LogP contribution in [0.2, 0.25) is 0 Å². The molecule has 0 amide bonds. The number of benzene rings is 1. The molecule has 5 nitrogen and oxygen atoms in total. The Hall–Kier alpha value is -1.16. The van der Waals surface area contributed by atoms with Gasteiger partial charge in [0.05, 0.1) is 6.54 Å². The van der Waals surface area contributed by atoms with Crippen molar-refractivity contribution in [3.05, 3.63) is 29.8 Å². The largest absolute Gasteiger partial charge is 0.365 e. The van der Waals surface area contributed by atoms with Crippen LogP contribution in [0.3, 0.4) is 0 Å². The molecule has 2 unspecified atom stereocenters. The van der Waals surface area contributed by atoms with Crippen LogP contribution < -0.4 is 15.5 Å². The molecule has 0 bridgehead atoms. The van der Waals surface area contributed by atoms with E-state index in [1.54, 1.807) is 4.90 Å². The molecule has 2 N–H and O–H groups in total. The highest BCUT2D eigenvalue weighted by Crippen LogP contribution is 2.27. The van der Waals surface area contributed by atoms with E-state index < -0.39 is 11.6 Å². The van der Waals surface area contributed by atoms with Crippen LogP contribution in [0, 0.1) is 11.6 Å². The number of guanidine groups is 1. The van der Waals surface area contributed by atoms with Crippen LogP contribution in [-0.4, -0.2) is 62.2 Å². The molecule has 2 fully saturated rings. The minimum Gasteiger partial charge on any atom is -0.365 e. The summed E-state index contributed by atoms with van der Waals surface area (Å²) in [6, 6.07) is 5.23. The average Bonchev–Trinajstić information content (AvgIpc) is 3.39. The molecule has 0 aromatic heterocycles. The summed E-state index contributed by atoms with van der Waals surface area (Å²) in [6.45, 7) is 6.91. The highest BCUT2D eigenvalue weighted by atomic mass is 127. The number of aliphatic imine (C=N–C) groups is 1. The van der Waals surface area contributed by atoms with Crippen molar-refractivity contribution in [2.45, 2.75) is 51.2 Å². The van der Waals surface area contributed by atoms with Gasteiger partial charge in [0.1, 0.15) is 17.3 Å². The molecule has 0 spiro atoms. The van der Waals surface area contributed by atoms with Crippen molar-refractivity contribution >= 4 is 35.6 Å². The Labute approximate surface area is 184 Å². The summed E-state index contributed by atoms with van der Waals surface area (Å²) in [5, 5.41) is 6.71. The zero-order valence-corrected chi connectivity index (χ0v) is 19.3. The van der Waals surface area contributed by atoms with E-state index in [1.807, 2.05) is 6.92 Å². The maximum Gasteiger partial charge on any atom is 0.191 e. The van der Waals surface area contributed by atoms with E-state index >= 15 is 0 Å². The SMILES string of the molecule is CCNC(=NCC(C)N(C)C1CC1)NC1CCN(c2c(F)cccc2F)C1.I. The van der Waals surface area contributed by atoms with Crippen molar-refractivity contribution in [1.29, 1.82) is 0 Å². The molecule has 158 valence electrons. The Morgan fingerprint density at radius 2 is 1.96 bits per heavy atom. The first-order valence-corrected chi connectivity index (χ1v) is 9.95. The van der Waals surface area contributed by atoms with Gasteiger partial charge in [-0.15, -0.1) is 24.0 Å². The zero-order chi connectivity index (χ0) is 19.4. The minimum atomic E-state index is -0.506. The second-order valence-electron chi connectivity index (χ2n) is 7.61. The number of anilines is 1. The van der Waals surface area contributed by atoms with Gasteiger partial charge in [-0.3, -0.25) is 9.89 Å². The summed E-state index contributed by atoms with van der Waals surface area (Å²) < 4.78 is 28.1. The quantitative estimate of drug-likeness (QED) is 0.338. The Bertz CT molecular complexity index is 648. The molecule has 1 aromatic rings. The predicted molar refractivity (Wildman–Crippen MR) is 122 cm³/mol. The lowest BCUT2D eigenvalue weighted by Gasteiger charge is -2.24. The summed E-state index contributed by atoms with van der Waals surface area (Å²) >= 11 is 0. The number of likely N-dealkylation sites (N-methyl/N-ethyl adjacent to an activating group) is 1. The van der Waals surface area contributed by atoms with Crippen molar-refractivity contribution in [2.75, 3.05) is 38.1 Å². The third-order valence-electron chi connectivity index (χ3n) is 5.46. The maximum absolute atomic E-state index is 14.0. The number of nitrogens with one attached hydrogen (secondary N) is 2. The van der Waals surface area contributed by atoms with Gasteiger partial charge in [0.25, 0.3) is 0 Å². The summed E-state index contributed by atoms with van der Waals surface area (Å²) in [7, 11) is 2.16. The van der Waals surface area contributed by atoms with E-state index in [4.69, 9.17) is 4.99 Å². The van der Waals surface area contributed by atoms with Gasteiger partial charge in [0.15, 0.2) is 5.96 Å². The van der Waals surface area contributed by atoms with E-state index in [0.29, 0.717) is 25.2 Å². The molecule has 1 aliphatic carbocycles. The molecule has 28 heavy (non-hydrogen) atoms. The molecular formula is C20H32F2IN5. The second kappa shape index (κ2) is 10.6. The number of halogens is 3. The highest BCUT2D eigenvalue weighted by molar-refractivity contribution is 14.0. The topological polar surface area (TPSA) is 42.9 Å². The van der Waals surface area contributed by atoms with E-state index in [0.717, 1.165) is 25.5 Å². The van der Waals surface area contributed by atoms with Crippen LogP contribution in [0.4, 0.5) is 14.5 Å². The molecule has 0 radical (unpaired) electrons. The van der Waals surface area contributed by atoms with Gasteiger partial charge in [0.2, 0.25) is 0 Å². The van der Waals surface area contributed by atoms with Crippen LogP contribution in [0.5, 0.6) is 0 Å². The van der Waals surface area contributed by atoms with Gasteiger partial charge in [-0.05, 0) is 52.3 Å². The number of rotatable bonds is 7. The first-order valence-electron chi connectivity index (χ1n) is 9.95. The molecule has 1 saturated carbocycles. The molecule has 1 aliphatic heterocycles. The molecule has 1 aromatic carbocycles. The van der Waals surface area contributed by atoms with Crippen molar-refractivity contribution < 1.29 is 8.78 Å². The Kier molecular flexibility index (Phi) is 8.73. The smallest absolute Gasteiger partial charge is 0.191 e. The molecule has 8 heteroatoms. The van der Waals surface area contributed by atoms with Crippen molar-refractivity contribution in [3.63, 3.8) is 0 Å². The number of hydrogen-bond donors (Lipinski definition) is 2. The van der Waals surface area contributed by atoms with Gasteiger partial charge >= 0.3 is 0 Å². The fourth-order valence-electron chi connectivity index (χ4n) is 3.58. The van der Waals surface area contributed by atoms with E-state index in [1.165, 1.54) is 31.0 Å². The third kappa shape index (κ3) is 5.92. The Balaban J connectivity index is 0.00000280. The monoisotopic (exact) mass is 507 g/mol. The van der Waals surface area contributed by atoms with Crippen molar-refractivity contribution in [1.82, 2.24) is 15.5 Å². The van der Waals surface area contributed by atoms with Crippen LogP contribution in [0.15, 0.2) is 23.2 Å². The summed E-state index contributed by atoms with van der Waals surface area (Å²) in [5.74, 6) is -0.240. The molecule has 1 heterocycles. The fraction of sp³-hybridized carbons (Fsp3) is 0.650. The van der Waals surface area contributed by atoms with E-state index in [-0.39, 0.29) is 35.7 Å². The van der Waals surface area contributed by atoms with E-state index in [9.17, 15) is 8.78 Å². The van der Waals surface area contributed by atoms with Gasteiger partial charge in [-0.2, -0.15) is 0 Å². The summed E-state index contributed by atoms with van der Waals surface area (Å²) in [4.78, 5) is 8.89. The highest BCUT2D eigenvalue weighted by Gasteiger charge is 2.29. The molecule has 1 saturated heterocycles. The van der Waals surface area contributed by atoms with Crippen LogP contribution in [0.1, 0.15) is 33.1 Å². The molecular weight excluding hydrogens is 475 g/mol. The lowest BCUT2D eigenvalue weighted by Crippen LogP contribution is -2.45. The molecule has 2 aliphatic rings. The molecule has 3 rings (SSSR count). The average molecular weight is 507 g/mol. The summed E-state index contributed by atoms with van der Waals surface area (Å²) in [6.07, 6.45) is 3.39. The van der Waals surface area contributed by atoms with E-state index in [2.05, 4.69) is 29.5 Å². The first-order chi connectivity index (χ1) is 13.0. The van der Waals surface area contributed by atoms with Crippen molar-refractivity contribution in [3.8, 4) is 0 Å². The normalized spacial score (nSPS) is 20.9. The number of nitrogens with zero attached hydrogens (tertiary/aromatic N) is 3. The van der Waals surface area contributed by atoms with Gasteiger partial charge in [0, 0.05) is 37.8 Å². The lowest BCUT2D eigenvalue weighted by atomic mass is 10.2. The molecule has 2 atom stereocenters. The van der Waals surface area contributed by atoms with Crippen LogP contribution in [0.25, 0.3) is 0 Å². The Morgan fingerprint density at radius 1 is 1.29 bits per heavy atom. The summed E-state index contributed by atoms with van der Waals surface area (Å²) in [5.41, 5.74) is 0.0726.